The molecule has 5 nitrogen and oxygen atoms in total. The molecule has 0 amide bonds. The van der Waals surface area contributed by atoms with Crippen LogP contribution < -0.4 is 0 Å². The molecule has 0 fully saturated rings. The number of rotatable bonds is 2. The molecule has 102 valence electrons. The molecule has 0 aliphatic carbocycles. The maximum Gasteiger partial charge on any atom is 0.263 e. The first-order valence-corrected chi connectivity index (χ1v) is 8.11. The van der Waals surface area contributed by atoms with Crippen LogP contribution in [0.25, 0.3) is 22.2 Å². The molecule has 1 aromatic carbocycles. The van der Waals surface area contributed by atoms with E-state index in [1.165, 1.54) is 6.20 Å². The summed E-state index contributed by atoms with van der Waals surface area (Å²) in [4.78, 5) is 11.4. The van der Waals surface area contributed by atoms with E-state index in [2.05, 4.69) is 15.0 Å². The van der Waals surface area contributed by atoms with Crippen molar-refractivity contribution in [3.8, 4) is 11.3 Å². The highest BCUT2D eigenvalue weighted by molar-refractivity contribution is 8.14. The van der Waals surface area contributed by atoms with Crippen LogP contribution in [0, 0.1) is 6.92 Å². The molecule has 0 saturated carbocycles. The third kappa shape index (κ3) is 2.07. The predicted molar refractivity (Wildman–Crippen MR) is 77.1 cm³/mol. The second kappa shape index (κ2) is 4.57. The molecule has 20 heavy (non-hydrogen) atoms. The number of H-pyrrole nitrogens is 1. The van der Waals surface area contributed by atoms with Gasteiger partial charge < -0.3 is 4.98 Å². The zero-order valence-electron chi connectivity index (χ0n) is 10.5. The number of benzene rings is 1. The number of hydrogen-bond donors (Lipinski definition) is 1. The second-order valence-electron chi connectivity index (χ2n) is 4.36. The summed E-state index contributed by atoms with van der Waals surface area (Å²) in [5.41, 5.74) is 3.15. The summed E-state index contributed by atoms with van der Waals surface area (Å²) < 4.78 is 23.1. The van der Waals surface area contributed by atoms with Crippen LogP contribution in [-0.2, 0) is 9.05 Å². The minimum Gasteiger partial charge on any atom is -0.359 e. The number of nitrogens with zero attached hydrogens (tertiary/aromatic N) is 2. The van der Waals surface area contributed by atoms with Crippen LogP contribution in [-0.4, -0.2) is 23.4 Å². The number of nitrogens with one attached hydrogen (secondary N) is 1. The molecule has 2 heterocycles. The van der Waals surface area contributed by atoms with Gasteiger partial charge in [0.2, 0.25) is 0 Å². The van der Waals surface area contributed by atoms with Gasteiger partial charge in [-0.2, -0.15) is 0 Å². The summed E-state index contributed by atoms with van der Waals surface area (Å²) in [7, 11) is 1.65. The zero-order valence-corrected chi connectivity index (χ0v) is 12.0. The van der Waals surface area contributed by atoms with Crippen molar-refractivity contribution in [1.82, 2.24) is 15.0 Å². The molecule has 0 unspecified atom stereocenters. The first kappa shape index (κ1) is 13.1. The van der Waals surface area contributed by atoms with Crippen molar-refractivity contribution < 1.29 is 8.42 Å². The van der Waals surface area contributed by atoms with E-state index in [9.17, 15) is 8.42 Å². The summed E-state index contributed by atoms with van der Waals surface area (Å²) in [5, 5.41) is 0.547. The number of hydrogen-bond acceptors (Lipinski definition) is 4. The van der Waals surface area contributed by atoms with Crippen molar-refractivity contribution in [2.45, 2.75) is 11.8 Å². The lowest BCUT2D eigenvalue weighted by Gasteiger charge is -2.06. The third-order valence-corrected chi connectivity index (χ3v) is 4.47. The van der Waals surface area contributed by atoms with Crippen LogP contribution in [0.1, 0.15) is 5.56 Å². The van der Waals surface area contributed by atoms with Crippen LogP contribution in [0.3, 0.4) is 0 Å². The summed E-state index contributed by atoms with van der Waals surface area (Å²) in [6.45, 7) is 1.93. The molecule has 0 bridgehead atoms. The first-order chi connectivity index (χ1) is 9.48. The second-order valence-corrected chi connectivity index (χ2v) is 6.90. The van der Waals surface area contributed by atoms with Crippen molar-refractivity contribution in [3.05, 3.63) is 42.5 Å². The van der Waals surface area contributed by atoms with Crippen LogP contribution in [0.2, 0.25) is 0 Å². The molecular weight excluding hydrogens is 298 g/mol. The highest BCUT2D eigenvalue weighted by Gasteiger charge is 2.19. The molecule has 2 aromatic heterocycles. The number of fused-ring (bicyclic) bond motifs is 1. The monoisotopic (exact) mass is 307 g/mol. The molecule has 0 aliphatic heterocycles. The molecule has 0 spiro atoms. The Hall–Kier alpha value is -1.92. The third-order valence-electron chi connectivity index (χ3n) is 3.11. The van der Waals surface area contributed by atoms with Gasteiger partial charge in [-0.3, -0.25) is 9.97 Å². The lowest BCUT2D eigenvalue weighted by molar-refractivity contribution is 0.610. The van der Waals surface area contributed by atoms with Gasteiger partial charge in [0.25, 0.3) is 9.05 Å². The molecule has 0 atom stereocenters. The average molecular weight is 308 g/mol. The van der Waals surface area contributed by atoms with E-state index in [0.29, 0.717) is 16.6 Å². The Balaban J connectivity index is 2.39. The molecule has 0 radical (unpaired) electrons. The standard InChI is InChI=1S/C13H10ClN3O2S/c1-8-2-3-9-11(20(14,18)19)7-17-13(9)12(8)10-6-15-4-5-16-10/h2-7,17H,1H3. The summed E-state index contributed by atoms with van der Waals surface area (Å²) in [6, 6.07) is 3.57. The van der Waals surface area contributed by atoms with Gasteiger partial charge in [-0.15, -0.1) is 0 Å². The van der Waals surface area contributed by atoms with Crippen LogP contribution in [0.5, 0.6) is 0 Å². The molecule has 0 aliphatic rings. The van der Waals surface area contributed by atoms with Crippen LogP contribution in [0.15, 0.2) is 41.8 Å². The molecule has 1 N–H and O–H groups in total. The van der Waals surface area contributed by atoms with Crippen LogP contribution >= 0.6 is 10.7 Å². The molecule has 3 rings (SSSR count). The normalized spacial score (nSPS) is 11.9. The van der Waals surface area contributed by atoms with Gasteiger partial charge in [-0.25, -0.2) is 8.42 Å². The Morgan fingerprint density at radius 3 is 2.70 bits per heavy atom. The van der Waals surface area contributed by atoms with Crippen molar-refractivity contribution >= 4 is 30.6 Å². The fourth-order valence-electron chi connectivity index (χ4n) is 2.24. The molecule has 3 aromatic rings. The SMILES string of the molecule is Cc1ccc2c(S(=O)(=O)Cl)c[nH]c2c1-c1cnccn1. The van der Waals surface area contributed by atoms with Gasteiger partial charge in [0.15, 0.2) is 0 Å². The summed E-state index contributed by atoms with van der Waals surface area (Å²) in [5.74, 6) is 0. The quantitative estimate of drug-likeness (QED) is 0.739. The highest BCUT2D eigenvalue weighted by Crippen LogP contribution is 2.34. The lowest BCUT2D eigenvalue weighted by Crippen LogP contribution is -1.91. The number of halogens is 1. The Bertz CT molecular complexity index is 889. The lowest BCUT2D eigenvalue weighted by atomic mass is 10.0. The van der Waals surface area contributed by atoms with E-state index in [4.69, 9.17) is 10.7 Å². The Morgan fingerprint density at radius 2 is 2.05 bits per heavy atom. The summed E-state index contributed by atoms with van der Waals surface area (Å²) in [6.07, 6.45) is 6.21. The van der Waals surface area contributed by atoms with Gasteiger partial charge in [0.1, 0.15) is 4.90 Å². The maximum absolute atomic E-state index is 11.6. The number of aryl methyl sites for hydroxylation is 1. The van der Waals surface area contributed by atoms with Crippen molar-refractivity contribution in [2.75, 3.05) is 0 Å². The largest absolute Gasteiger partial charge is 0.359 e. The minimum atomic E-state index is -3.79. The Morgan fingerprint density at radius 1 is 1.25 bits per heavy atom. The molecule has 7 heteroatoms. The fourth-order valence-corrected chi connectivity index (χ4v) is 3.25. The van der Waals surface area contributed by atoms with E-state index >= 15 is 0 Å². The summed E-state index contributed by atoms with van der Waals surface area (Å²) >= 11 is 0. The van der Waals surface area contributed by atoms with Crippen molar-refractivity contribution in [1.29, 1.82) is 0 Å². The average Bonchev–Trinajstić information content (AvgIpc) is 2.83. The van der Waals surface area contributed by atoms with Gasteiger partial charge in [-0.05, 0) is 12.5 Å². The molecular formula is C13H10ClN3O2S. The van der Waals surface area contributed by atoms with Gasteiger partial charge in [0, 0.05) is 40.2 Å². The van der Waals surface area contributed by atoms with E-state index in [-0.39, 0.29) is 4.90 Å². The van der Waals surface area contributed by atoms with Crippen molar-refractivity contribution in [3.63, 3.8) is 0 Å². The zero-order chi connectivity index (χ0) is 14.3. The van der Waals surface area contributed by atoms with E-state index in [1.54, 1.807) is 24.7 Å². The van der Waals surface area contributed by atoms with Gasteiger partial charge in [0.05, 0.1) is 17.4 Å². The van der Waals surface area contributed by atoms with E-state index < -0.39 is 9.05 Å². The highest BCUT2D eigenvalue weighted by atomic mass is 35.7. The molecule has 0 saturated heterocycles. The first-order valence-electron chi connectivity index (χ1n) is 5.80. The number of aromatic nitrogens is 3. The Labute approximate surface area is 120 Å². The maximum atomic E-state index is 11.6. The van der Waals surface area contributed by atoms with E-state index in [1.807, 2.05) is 13.0 Å². The van der Waals surface area contributed by atoms with Crippen molar-refractivity contribution in [2.24, 2.45) is 0 Å². The van der Waals surface area contributed by atoms with Gasteiger partial charge >= 0.3 is 0 Å². The minimum absolute atomic E-state index is 0.0688. The number of aromatic amines is 1. The topological polar surface area (TPSA) is 75.7 Å². The Kier molecular flexibility index (Phi) is 2.99. The smallest absolute Gasteiger partial charge is 0.263 e. The predicted octanol–water partition coefficient (Wildman–Crippen LogP) is 2.86. The van der Waals surface area contributed by atoms with E-state index in [0.717, 1.165) is 11.1 Å². The van der Waals surface area contributed by atoms with Crippen LogP contribution in [0.4, 0.5) is 0 Å². The van der Waals surface area contributed by atoms with Gasteiger partial charge in [-0.1, -0.05) is 12.1 Å². The fraction of sp³-hybridized carbons (Fsp3) is 0.0769.